The number of nitrogens with zero attached hydrogens (tertiary/aromatic N) is 3. The minimum Gasteiger partial charge on any atom is -0.465 e. The van der Waals surface area contributed by atoms with Gasteiger partial charge in [0.15, 0.2) is 0 Å². The van der Waals surface area contributed by atoms with E-state index in [1.165, 1.54) is 13.2 Å². The second-order valence-corrected chi connectivity index (χ2v) is 6.92. The molecule has 2 amide bonds. The van der Waals surface area contributed by atoms with Crippen LogP contribution in [0.2, 0.25) is 5.02 Å². The fourth-order valence-corrected chi connectivity index (χ4v) is 3.64. The number of pyridine rings is 1. The minimum atomic E-state index is -0.570. The predicted octanol–water partition coefficient (Wildman–Crippen LogP) is 3.42. The number of urea groups is 1. The Bertz CT molecular complexity index is 1050. The molecule has 2 aromatic heterocycles. The highest BCUT2D eigenvalue weighted by Gasteiger charge is 2.34. The number of hydrogen-bond acceptors (Lipinski definition) is 5. The third kappa shape index (κ3) is 3.66. The van der Waals surface area contributed by atoms with Crippen molar-refractivity contribution in [2.24, 2.45) is 0 Å². The van der Waals surface area contributed by atoms with E-state index in [0.717, 1.165) is 17.0 Å². The van der Waals surface area contributed by atoms with Crippen LogP contribution in [0.15, 0.2) is 49.1 Å². The predicted molar refractivity (Wildman–Crippen MR) is 107 cm³/mol. The molecule has 0 radical (unpaired) electrons. The van der Waals surface area contributed by atoms with Crippen molar-refractivity contribution in [2.75, 3.05) is 19.0 Å². The van der Waals surface area contributed by atoms with Crippen LogP contribution < -0.4 is 5.32 Å². The van der Waals surface area contributed by atoms with Gasteiger partial charge in [-0.25, -0.2) is 14.6 Å². The maximum absolute atomic E-state index is 13.1. The average Bonchev–Trinajstić information content (AvgIpc) is 3.23. The molecule has 0 bridgehead atoms. The maximum Gasteiger partial charge on any atom is 0.339 e. The zero-order valence-electron chi connectivity index (χ0n) is 15.6. The quantitative estimate of drug-likeness (QED) is 0.643. The van der Waals surface area contributed by atoms with Gasteiger partial charge in [-0.3, -0.25) is 4.98 Å². The van der Waals surface area contributed by atoms with Gasteiger partial charge >= 0.3 is 12.0 Å². The van der Waals surface area contributed by atoms with Gasteiger partial charge in [0.05, 0.1) is 29.7 Å². The summed E-state index contributed by atoms with van der Waals surface area (Å²) >= 11 is 6.06. The van der Waals surface area contributed by atoms with Crippen molar-refractivity contribution >= 4 is 29.3 Å². The number of carbonyl (C=O) groups excluding carboxylic acids is 2. The van der Waals surface area contributed by atoms with E-state index in [1.807, 2.05) is 12.1 Å². The number of ether oxygens (including phenoxy) is 1. The van der Waals surface area contributed by atoms with Crippen LogP contribution in [0.1, 0.15) is 33.4 Å². The molecule has 2 N–H and O–H groups in total. The van der Waals surface area contributed by atoms with Crippen LogP contribution in [0.5, 0.6) is 0 Å². The molecular formula is C20H18ClN5O3. The molecule has 3 aromatic rings. The van der Waals surface area contributed by atoms with Gasteiger partial charge in [-0.15, -0.1) is 0 Å². The summed E-state index contributed by atoms with van der Waals surface area (Å²) < 4.78 is 4.73. The molecule has 0 fully saturated rings. The van der Waals surface area contributed by atoms with Gasteiger partial charge in [0, 0.05) is 36.7 Å². The molecule has 1 aromatic carbocycles. The lowest BCUT2D eigenvalue weighted by molar-refractivity contribution is 0.0601. The number of aromatic nitrogens is 3. The second-order valence-electron chi connectivity index (χ2n) is 6.51. The van der Waals surface area contributed by atoms with E-state index < -0.39 is 5.97 Å². The van der Waals surface area contributed by atoms with Crippen molar-refractivity contribution in [1.29, 1.82) is 0 Å². The highest BCUT2D eigenvalue weighted by Crippen LogP contribution is 2.33. The summed E-state index contributed by atoms with van der Waals surface area (Å²) in [5.41, 5.74) is 3.36. The minimum absolute atomic E-state index is 0.186. The summed E-state index contributed by atoms with van der Waals surface area (Å²) in [5, 5.41) is 3.10. The highest BCUT2D eigenvalue weighted by molar-refractivity contribution is 6.33. The normalized spacial score (nSPS) is 15.5. The lowest BCUT2D eigenvalue weighted by Crippen LogP contribution is -2.43. The molecule has 1 atom stereocenters. The molecule has 3 heterocycles. The van der Waals surface area contributed by atoms with Gasteiger partial charge < -0.3 is 19.9 Å². The van der Waals surface area contributed by atoms with E-state index in [0.29, 0.717) is 18.7 Å². The summed E-state index contributed by atoms with van der Waals surface area (Å²) in [6, 6.07) is 7.76. The monoisotopic (exact) mass is 411 g/mol. The fraction of sp³-hybridized carbons (Fsp3) is 0.200. The summed E-state index contributed by atoms with van der Waals surface area (Å²) in [6.45, 7) is 0.505. The largest absolute Gasteiger partial charge is 0.465 e. The number of methoxy groups -OCH3 is 1. The van der Waals surface area contributed by atoms with Crippen LogP contribution in [-0.4, -0.2) is 45.5 Å². The molecule has 148 valence electrons. The standard InChI is InChI=1S/C20H18ClN5O3/c1-29-19(27)14-10-13(2-3-15(14)21)25-20(28)26-9-6-16-17(24-11-23-16)18(26)12-4-7-22-8-5-12/h2-5,7-8,10-11,18H,6,9H2,1H3,(H,23,24)(H,25,28)/t18-/m1/s1. The number of amides is 2. The van der Waals surface area contributed by atoms with Gasteiger partial charge in [-0.05, 0) is 35.9 Å². The molecule has 29 heavy (non-hydrogen) atoms. The molecule has 0 aliphatic carbocycles. The number of benzene rings is 1. The van der Waals surface area contributed by atoms with E-state index in [-0.39, 0.29) is 22.7 Å². The highest BCUT2D eigenvalue weighted by atomic mass is 35.5. The van der Waals surface area contributed by atoms with Crippen LogP contribution in [0.3, 0.4) is 0 Å². The topological polar surface area (TPSA) is 100 Å². The summed E-state index contributed by atoms with van der Waals surface area (Å²) in [4.78, 5) is 38.4. The van der Waals surface area contributed by atoms with E-state index in [4.69, 9.17) is 16.3 Å². The van der Waals surface area contributed by atoms with Gasteiger partial charge in [0.25, 0.3) is 0 Å². The number of halogens is 1. The van der Waals surface area contributed by atoms with Crippen molar-refractivity contribution < 1.29 is 14.3 Å². The van der Waals surface area contributed by atoms with Crippen LogP contribution >= 0.6 is 11.6 Å². The Morgan fingerprint density at radius 2 is 2.07 bits per heavy atom. The van der Waals surface area contributed by atoms with Crippen molar-refractivity contribution in [3.63, 3.8) is 0 Å². The number of anilines is 1. The molecule has 9 heteroatoms. The van der Waals surface area contributed by atoms with E-state index in [1.54, 1.807) is 35.8 Å². The number of imidazole rings is 1. The Morgan fingerprint density at radius 1 is 1.28 bits per heavy atom. The molecule has 8 nitrogen and oxygen atoms in total. The van der Waals surface area contributed by atoms with Gasteiger partial charge in [-0.2, -0.15) is 0 Å². The van der Waals surface area contributed by atoms with Crippen LogP contribution in [-0.2, 0) is 11.2 Å². The maximum atomic E-state index is 13.1. The van der Waals surface area contributed by atoms with Gasteiger partial charge in [-0.1, -0.05) is 11.6 Å². The van der Waals surface area contributed by atoms with E-state index >= 15 is 0 Å². The Balaban J connectivity index is 1.63. The first-order chi connectivity index (χ1) is 14.1. The summed E-state index contributed by atoms with van der Waals surface area (Å²) in [7, 11) is 1.28. The SMILES string of the molecule is COC(=O)c1cc(NC(=O)N2CCc3[nH]cnc3[C@H]2c2ccncc2)ccc1Cl. The van der Waals surface area contributed by atoms with E-state index in [2.05, 4.69) is 20.3 Å². The summed E-state index contributed by atoms with van der Waals surface area (Å²) in [6.07, 6.45) is 5.68. The third-order valence-corrected chi connectivity index (χ3v) is 5.16. The lowest BCUT2D eigenvalue weighted by Gasteiger charge is -2.35. The molecule has 0 saturated heterocycles. The zero-order valence-corrected chi connectivity index (χ0v) is 16.3. The lowest BCUT2D eigenvalue weighted by atomic mass is 9.97. The first kappa shape index (κ1) is 18.9. The van der Waals surface area contributed by atoms with Crippen LogP contribution in [0, 0.1) is 0 Å². The number of carbonyl (C=O) groups is 2. The fourth-order valence-electron chi connectivity index (χ4n) is 3.44. The first-order valence-corrected chi connectivity index (χ1v) is 9.34. The summed E-state index contributed by atoms with van der Waals surface area (Å²) in [5.74, 6) is -0.570. The molecule has 0 spiro atoms. The first-order valence-electron chi connectivity index (χ1n) is 8.96. The molecule has 0 unspecified atom stereocenters. The number of aromatic amines is 1. The van der Waals surface area contributed by atoms with Crippen LogP contribution in [0.4, 0.5) is 10.5 Å². The number of esters is 1. The molecule has 0 saturated carbocycles. The number of rotatable bonds is 3. The molecule has 1 aliphatic rings. The Hall–Kier alpha value is -3.39. The Labute approximate surface area is 171 Å². The smallest absolute Gasteiger partial charge is 0.339 e. The molecule has 1 aliphatic heterocycles. The molecular weight excluding hydrogens is 394 g/mol. The van der Waals surface area contributed by atoms with Gasteiger partial charge in [0.2, 0.25) is 0 Å². The van der Waals surface area contributed by atoms with E-state index in [9.17, 15) is 9.59 Å². The van der Waals surface area contributed by atoms with Crippen molar-refractivity contribution in [2.45, 2.75) is 12.5 Å². The number of hydrogen-bond donors (Lipinski definition) is 2. The Morgan fingerprint density at radius 3 is 2.83 bits per heavy atom. The van der Waals surface area contributed by atoms with Crippen molar-refractivity contribution in [3.8, 4) is 0 Å². The number of H-pyrrole nitrogens is 1. The average molecular weight is 412 g/mol. The van der Waals surface area contributed by atoms with Crippen molar-refractivity contribution in [1.82, 2.24) is 19.9 Å². The molecule has 4 rings (SSSR count). The second kappa shape index (κ2) is 7.92. The zero-order chi connectivity index (χ0) is 20.4. The van der Waals surface area contributed by atoms with Crippen molar-refractivity contribution in [3.05, 3.63) is 76.6 Å². The third-order valence-electron chi connectivity index (χ3n) is 4.83. The number of nitrogens with one attached hydrogen (secondary N) is 2. The number of fused-ring (bicyclic) bond motifs is 1. The van der Waals surface area contributed by atoms with Gasteiger partial charge in [0.1, 0.15) is 6.04 Å². The Kier molecular flexibility index (Phi) is 5.18. The van der Waals surface area contributed by atoms with Crippen LogP contribution in [0.25, 0.3) is 0 Å².